The van der Waals surface area contributed by atoms with Crippen molar-refractivity contribution in [3.05, 3.63) is 27.8 Å². The van der Waals surface area contributed by atoms with E-state index in [4.69, 9.17) is 0 Å². The van der Waals surface area contributed by atoms with Gasteiger partial charge in [-0.1, -0.05) is 26.8 Å². The molecule has 0 aromatic heterocycles. The van der Waals surface area contributed by atoms with Crippen LogP contribution in [0.1, 0.15) is 40.0 Å². The van der Waals surface area contributed by atoms with E-state index in [0.29, 0.717) is 24.4 Å². The van der Waals surface area contributed by atoms with Gasteiger partial charge in [0.1, 0.15) is 12.1 Å². The molecule has 2 fully saturated rings. The molecule has 2 aliphatic rings. The summed E-state index contributed by atoms with van der Waals surface area (Å²) in [5.74, 6) is -0.321. The second-order valence-corrected chi connectivity index (χ2v) is 9.56. The molecule has 3 rings (SSSR count). The molecule has 4 amide bonds. The summed E-state index contributed by atoms with van der Waals surface area (Å²) in [6.07, 6.45) is 2.24. The summed E-state index contributed by atoms with van der Waals surface area (Å²) in [7, 11) is 0. The molecule has 2 atom stereocenters. The zero-order valence-corrected chi connectivity index (χ0v) is 17.4. The van der Waals surface area contributed by atoms with Crippen LogP contribution in [0.5, 0.6) is 0 Å². The molecule has 1 spiro atoms. The predicted octanol–water partition coefficient (Wildman–Crippen LogP) is 3.37. The van der Waals surface area contributed by atoms with Gasteiger partial charge in [-0.2, -0.15) is 0 Å². The summed E-state index contributed by atoms with van der Waals surface area (Å²) in [4.78, 5) is 38.9. The number of hydrogen-bond acceptors (Lipinski definition) is 3. The van der Waals surface area contributed by atoms with Crippen LogP contribution in [0, 0.1) is 14.9 Å². The lowest BCUT2D eigenvalue weighted by atomic mass is 9.64. The van der Waals surface area contributed by atoms with Gasteiger partial charge in [-0.3, -0.25) is 14.5 Å². The Bertz CT molecular complexity index is 764. The topological polar surface area (TPSA) is 78.5 Å². The van der Waals surface area contributed by atoms with Crippen molar-refractivity contribution in [2.45, 2.75) is 45.6 Å². The van der Waals surface area contributed by atoms with E-state index in [1.807, 2.05) is 18.2 Å². The minimum atomic E-state index is -0.874. The van der Waals surface area contributed by atoms with Crippen molar-refractivity contribution >= 4 is 46.1 Å². The Balaban J connectivity index is 1.72. The lowest BCUT2D eigenvalue weighted by molar-refractivity contribution is -0.136. The van der Waals surface area contributed by atoms with Crippen LogP contribution in [-0.4, -0.2) is 34.8 Å². The highest BCUT2D eigenvalue weighted by Crippen LogP contribution is 2.46. The maximum Gasteiger partial charge on any atom is 0.325 e. The molecule has 1 saturated carbocycles. The molecule has 1 saturated heterocycles. The molecular weight excluding hydrogens is 445 g/mol. The number of anilines is 1. The summed E-state index contributed by atoms with van der Waals surface area (Å²) < 4.78 is 0.993. The van der Waals surface area contributed by atoms with Crippen LogP contribution in [0.15, 0.2) is 24.3 Å². The van der Waals surface area contributed by atoms with Crippen molar-refractivity contribution in [2.24, 2.45) is 11.3 Å². The Morgan fingerprint density at radius 3 is 2.73 bits per heavy atom. The Kier molecular flexibility index (Phi) is 5.02. The average Bonchev–Trinajstić information content (AvgIpc) is 2.68. The van der Waals surface area contributed by atoms with E-state index >= 15 is 0 Å². The molecule has 6 nitrogen and oxygen atoms in total. The van der Waals surface area contributed by atoms with Gasteiger partial charge in [0.05, 0.1) is 0 Å². The number of nitrogens with one attached hydrogen (secondary N) is 2. The van der Waals surface area contributed by atoms with Gasteiger partial charge in [-0.15, -0.1) is 0 Å². The van der Waals surface area contributed by atoms with Crippen LogP contribution in [0.4, 0.5) is 10.5 Å². The van der Waals surface area contributed by atoms with Crippen molar-refractivity contribution in [2.75, 3.05) is 11.9 Å². The second-order valence-electron chi connectivity index (χ2n) is 8.32. The highest BCUT2D eigenvalue weighted by atomic mass is 127. The van der Waals surface area contributed by atoms with E-state index in [0.717, 1.165) is 14.9 Å². The number of amides is 4. The Morgan fingerprint density at radius 2 is 2.08 bits per heavy atom. The third-order valence-corrected chi connectivity index (χ3v) is 5.71. The van der Waals surface area contributed by atoms with Crippen LogP contribution < -0.4 is 10.6 Å². The van der Waals surface area contributed by atoms with Gasteiger partial charge in [0.2, 0.25) is 5.91 Å². The van der Waals surface area contributed by atoms with Crippen LogP contribution in [0.3, 0.4) is 0 Å². The monoisotopic (exact) mass is 469 g/mol. The van der Waals surface area contributed by atoms with Gasteiger partial charge in [0.15, 0.2) is 0 Å². The Morgan fingerprint density at radius 1 is 1.35 bits per heavy atom. The van der Waals surface area contributed by atoms with Gasteiger partial charge in [-0.25, -0.2) is 4.79 Å². The lowest BCUT2D eigenvalue weighted by Gasteiger charge is -2.43. The SMILES string of the molecule is C[C@@H]1CC(C)(C)C[C@@]2(C1)NC(=O)N(CC(=O)Nc1cccc(I)c1)C2=O. The molecule has 0 radical (unpaired) electrons. The minimum absolute atomic E-state index is 0.0282. The second kappa shape index (κ2) is 6.83. The Labute approximate surface area is 167 Å². The zero-order valence-electron chi connectivity index (χ0n) is 15.3. The lowest BCUT2D eigenvalue weighted by Crippen LogP contribution is -2.54. The number of carbonyl (C=O) groups is 3. The number of carbonyl (C=O) groups excluding carboxylic acids is 3. The van der Waals surface area contributed by atoms with E-state index in [1.54, 1.807) is 6.07 Å². The van der Waals surface area contributed by atoms with Crippen LogP contribution >= 0.6 is 22.6 Å². The largest absolute Gasteiger partial charge is 0.325 e. The average molecular weight is 469 g/mol. The molecule has 1 aromatic carbocycles. The highest BCUT2D eigenvalue weighted by molar-refractivity contribution is 14.1. The van der Waals surface area contributed by atoms with Crippen molar-refractivity contribution in [1.82, 2.24) is 10.2 Å². The maximum absolute atomic E-state index is 13.0. The van der Waals surface area contributed by atoms with Crippen molar-refractivity contribution in [3.8, 4) is 0 Å². The molecule has 7 heteroatoms. The van der Waals surface area contributed by atoms with Gasteiger partial charge < -0.3 is 10.6 Å². The molecular formula is C19H24IN3O3. The van der Waals surface area contributed by atoms with Crippen LogP contribution in [0.25, 0.3) is 0 Å². The highest BCUT2D eigenvalue weighted by Gasteiger charge is 2.56. The molecule has 26 heavy (non-hydrogen) atoms. The fraction of sp³-hybridized carbons (Fsp3) is 0.526. The smallest absolute Gasteiger partial charge is 0.324 e. The van der Waals surface area contributed by atoms with Gasteiger partial charge >= 0.3 is 6.03 Å². The van der Waals surface area contributed by atoms with Gasteiger partial charge in [-0.05, 0) is 71.4 Å². The first kappa shape index (κ1) is 19.1. The fourth-order valence-electron chi connectivity index (χ4n) is 4.56. The molecule has 140 valence electrons. The standard InChI is InChI=1S/C19H24IN3O3/c1-12-8-18(2,3)11-19(9-12)16(25)23(17(26)22-19)10-15(24)21-14-6-4-5-13(20)7-14/h4-7,12H,8-11H2,1-3H3,(H,21,24)(H,22,26)/t12-,19-/m1/s1. The molecule has 1 heterocycles. The Hall–Kier alpha value is -1.64. The molecule has 0 unspecified atom stereocenters. The first-order valence-electron chi connectivity index (χ1n) is 8.80. The summed E-state index contributed by atoms with van der Waals surface area (Å²) >= 11 is 2.16. The van der Waals surface area contributed by atoms with E-state index in [1.165, 1.54) is 0 Å². The first-order valence-corrected chi connectivity index (χ1v) is 9.88. The normalized spacial score (nSPS) is 27.5. The number of nitrogens with zero attached hydrogens (tertiary/aromatic N) is 1. The van der Waals surface area contributed by atoms with E-state index in [2.05, 4.69) is 54.0 Å². The number of benzene rings is 1. The third-order valence-electron chi connectivity index (χ3n) is 5.03. The van der Waals surface area contributed by atoms with Crippen molar-refractivity contribution < 1.29 is 14.4 Å². The number of rotatable bonds is 3. The fourth-order valence-corrected chi connectivity index (χ4v) is 5.10. The quantitative estimate of drug-likeness (QED) is 0.527. The van der Waals surface area contributed by atoms with E-state index in [9.17, 15) is 14.4 Å². The molecule has 2 N–H and O–H groups in total. The molecule has 0 bridgehead atoms. The van der Waals surface area contributed by atoms with E-state index < -0.39 is 11.6 Å². The van der Waals surface area contributed by atoms with Gasteiger partial charge in [0, 0.05) is 9.26 Å². The van der Waals surface area contributed by atoms with E-state index in [-0.39, 0.29) is 23.8 Å². The van der Waals surface area contributed by atoms with Crippen LogP contribution in [-0.2, 0) is 9.59 Å². The van der Waals surface area contributed by atoms with Crippen molar-refractivity contribution in [3.63, 3.8) is 0 Å². The van der Waals surface area contributed by atoms with Crippen LogP contribution in [0.2, 0.25) is 0 Å². The minimum Gasteiger partial charge on any atom is -0.324 e. The number of hydrogen-bond donors (Lipinski definition) is 2. The summed E-state index contributed by atoms with van der Waals surface area (Å²) in [6, 6.07) is 6.89. The summed E-state index contributed by atoms with van der Waals surface area (Å²) in [6.45, 7) is 6.08. The van der Waals surface area contributed by atoms with Crippen molar-refractivity contribution in [1.29, 1.82) is 0 Å². The zero-order chi connectivity index (χ0) is 19.1. The maximum atomic E-state index is 13.0. The number of imide groups is 1. The molecule has 1 aromatic rings. The first-order chi connectivity index (χ1) is 12.1. The predicted molar refractivity (Wildman–Crippen MR) is 108 cm³/mol. The van der Waals surface area contributed by atoms with Gasteiger partial charge in [0.25, 0.3) is 5.91 Å². The third kappa shape index (κ3) is 3.87. The molecule has 1 aliphatic carbocycles. The summed E-state index contributed by atoms with van der Waals surface area (Å²) in [5, 5.41) is 5.64. The number of urea groups is 1. The summed E-state index contributed by atoms with van der Waals surface area (Å²) in [5.41, 5.74) is -0.253. The number of halogens is 1. The molecule has 1 aliphatic heterocycles.